The maximum Gasteiger partial charge on any atom is 0.267 e. The first-order chi connectivity index (χ1) is 13.6. The van der Waals surface area contributed by atoms with Gasteiger partial charge in [-0.25, -0.2) is 4.98 Å². The number of thioether (sulfide) groups is 1. The van der Waals surface area contributed by atoms with E-state index in [9.17, 15) is 9.59 Å². The molecule has 2 aromatic rings. The van der Waals surface area contributed by atoms with Crippen LogP contribution < -0.4 is 10.9 Å². The largest absolute Gasteiger partial charge is 0.379 e. The van der Waals surface area contributed by atoms with Crippen LogP contribution in [-0.4, -0.2) is 59.0 Å². The summed E-state index contributed by atoms with van der Waals surface area (Å²) in [5, 5.41) is 3.75. The van der Waals surface area contributed by atoms with Crippen LogP contribution in [0.15, 0.2) is 40.4 Å². The van der Waals surface area contributed by atoms with Gasteiger partial charge in [0.05, 0.1) is 19.3 Å². The summed E-state index contributed by atoms with van der Waals surface area (Å²) in [6.07, 6.45) is 1.41. The molecule has 4 rings (SSSR count). The van der Waals surface area contributed by atoms with Crippen LogP contribution in [0, 0.1) is 6.92 Å². The molecule has 28 heavy (non-hydrogen) atoms. The molecule has 1 aromatic carbocycles. The first-order valence-electron chi connectivity index (χ1n) is 9.52. The summed E-state index contributed by atoms with van der Waals surface area (Å²) in [5.41, 5.74) is 2.03. The maximum absolute atomic E-state index is 12.9. The van der Waals surface area contributed by atoms with E-state index in [2.05, 4.69) is 15.2 Å². The van der Waals surface area contributed by atoms with E-state index in [1.807, 2.05) is 31.2 Å². The highest BCUT2D eigenvalue weighted by Crippen LogP contribution is 2.21. The fourth-order valence-corrected chi connectivity index (χ4v) is 4.40. The van der Waals surface area contributed by atoms with E-state index in [1.54, 1.807) is 4.57 Å². The molecule has 1 saturated heterocycles. The van der Waals surface area contributed by atoms with Gasteiger partial charge in [-0.3, -0.25) is 19.1 Å². The molecule has 1 aromatic heterocycles. The molecule has 1 unspecified atom stereocenters. The van der Waals surface area contributed by atoms with Crippen LogP contribution in [0.4, 0.5) is 0 Å². The topological polar surface area (TPSA) is 76.5 Å². The van der Waals surface area contributed by atoms with Crippen molar-refractivity contribution in [3.8, 4) is 0 Å². The van der Waals surface area contributed by atoms with Crippen molar-refractivity contribution >= 4 is 17.7 Å². The molecule has 1 N–H and O–H groups in total. The minimum absolute atomic E-state index is 0.102. The average Bonchev–Trinajstić information content (AvgIpc) is 3.19. The third-order valence-electron chi connectivity index (χ3n) is 5.13. The zero-order valence-electron chi connectivity index (χ0n) is 15.9. The highest BCUT2D eigenvalue weighted by molar-refractivity contribution is 7.99. The van der Waals surface area contributed by atoms with E-state index in [0.29, 0.717) is 31.5 Å². The smallest absolute Gasteiger partial charge is 0.267 e. The van der Waals surface area contributed by atoms with E-state index < -0.39 is 0 Å². The number of carbonyl (C=O) groups excluding carboxylic acids is 1. The van der Waals surface area contributed by atoms with Gasteiger partial charge in [-0.15, -0.1) is 0 Å². The Labute approximate surface area is 168 Å². The predicted molar refractivity (Wildman–Crippen MR) is 108 cm³/mol. The number of ether oxygens (including phenoxy) is 1. The number of benzene rings is 1. The lowest BCUT2D eigenvalue weighted by molar-refractivity contribution is 0.0332. The fourth-order valence-electron chi connectivity index (χ4n) is 3.48. The molecule has 1 atom stereocenters. The van der Waals surface area contributed by atoms with Crippen LogP contribution in [0.25, 0.3) is 0 Å². The number of amides is 1. The van der Waals surface area contributed by atoms with Gasteiger partial charge in [0, 0.05) is 38.1 Å². The summed E-state index contributed by atoms with van der Waals surface area (Å²) in [7, 11) is 0. The molecule has 7 nitrogen and oxygen atoms in total. The van der Waals surface area contributed by atoms with E-state index in [-0.39, 0.29) is 23.1 Å². The van der Waals surface area contributed by atoms with Gasteiger partial charge in [-0.1, -0.05) is 41.6 Å². The summed E-state index contributed by atoms with van der Waals surface area (Å²) in [5.74, 6) is 0.444. The van der Waals surface area contributed by atoms with Crippen LogP contribution in [0.2, 0.25) is 0 Å². The first-order valence-corrected chi connectivity index (χ1v) is 10.5. The second kappa shape index (κ2) is 8.46. The van der Waals surface area contributed by atoms with Gasteiger partial charge >= 0.3 is 0 Å². The molecule has 0 radical (unpaired) electrons. The third kappa shape index (κ3) is 4.14. The minimum atomic E-state index is -0.372. The van der Waals surface area contributed by atoms with Gasteiger partial charge in [0.25, 0.3) is 11.5 Å². The Morgan fingerprint density at radius 2 is 2.00 bits per heavy atom. The number of morpholine rings is 1. The monoisotopic (exact) mass is 400 g/mol. The Morgan fingerprint density at radius 1 is 1.25 bits per heavy atom. The summed E-state index contributed by atoms with van der Waals surface area (Å²) in [6.45, 7) is 6.37. The van der Waals surface area contributed by atoms with Gasteiger partial charge in [0.2, 0.25) is 0 Å². The number of aryl methyl sites for hydroxylation is 1. The molecule has 148 valence electrons. The average molecular weight is 401 g/mol. The van der Waals surface area contributed by atoms with Crippen LogP contribution >= 0.6 is 11.8 Å². The van der Waals surface area contributed by atoms with Crippen molar-refractivity contribution in [3.05, 3.63) is 57.5 Å². The van der Waals surface area contributed by atoms with Gasteiger partial charge in [-0.2, -0.15) is 0 Å². The zero-order valence-corrected chi connectivity index (χ0v) is 16.7. The fraction of sp³-hybridized carbons (Fsp3) is 0.450. The van der Waals surface area contributed by atoms with Gasteiger partial charge < -0.3 is 10.1 Å². The molecular formula is C20H24N4O3S. The minimum Gasteiger partial charge on any atom is -0.379 e. The lowest BCUT2D eigenvalue weighted by Gasteiger charge is -2.31. The van der Waals surface area contributed by atoms with Gasteiger partial charge in [-0.05, 0) is 12.5 Å². The molecule has 2 aliphatic rings. The summed E-state index contributed by atoms with van der Waals surface area (Å²) in [4.78, 5) is 32.2. The van der Waals surface area contributed by atoms with Crippen molar-refractivity contribution in [2.24, 2.45) is 0 Å². The molecule has 0 bridgehead atoms. The van der Waals surface area contributed by atoms with E-state index >= 15 is 0 Å². The van der Waals surface area contributed by atoms with Crippen LogP contribution in [0.1, 0.15) is 27.5 Å². The van der Waals surface area contributed by atoms with E-state index in [0.717, 1.165) is 24.4 Å². The molecule has 0 saturated carbocycles. The highest BCUT2D eigenvalue weighted by Gasteiger charge is 2.24. The van der Waals surface area contributed by atoms with Gasteiger partial charge in [0.1, 0.15) is 5.56 Å². The van der Waals surface area contributed by atoms with Crippen molar-refractivity contribution in [2.75, 3.05) is 38.6 Å². The molecule has 0 aliphatic carbocycles. The van der Waals surface area contributed by atoms with E-state index in [1.165, 1.54) is 23.5 Å². The Balaban J connectivity index is 1.57. The summed E-state index contributed by atoms with van der Waals surface area (Å²) in [6, 6.07) is 7.93. The van der Waals surface area contributed by atoms with Crippen molar-refractivity contribution < 1.29 is 9.53 Å². The summed E-state index contributed by atoms with van der Waals surface area (Å²) >= 11 is 1.54. The Hall–Kier alpha value is -2.16. The normalized spacial score (nSPS) is 17.9. The molecule has 8 heteroatoms. The summed E-state index contributed by atoms with van der Waals surface area (Å²) < 4.78 is 7.01. The lowest BCUT2D eigenvalue weighted by atomic mass is 10.0. The molecule has 1 fully saturated rings. The Kier molecular flexibility index (Phi) is 5.79. The molecule has 2 aliphatic heterocycles. The van der Waals surface area contributed by atoms with Crippen molar-refractivity contribution in [1.29, 1.82) is 0 Å². The standard InChI is InChI=1S/C20H24N4O3S/c1-14-2-4-15(5-3-14)17(13-23-6-9-27-10-7-23)22-18(25)16-12-21-20-24(19(16)26)8-11-28-20/h2-5,12,17H,6-11,13H2,1H3,(H,22,25). The highest BCUT2D eigenvalue weighted by atomic mass is 32.2. The van der Waals surface area contributed by atoms with Crippen LogP contribution in [0.3, 0.4) is 0 Å². The van der Waals surface area contributed by atoms with Crippen molar-refractivity contribution in [2.45, 2.75) is 24.7 Å². The number of rotatable bonds is 5. The van der Waals surface area contributed by atoms with Crippen LogP contribution in [-0.2, 0) is 11.3 Å². The number of hydrogen-bond acceptors (Lipinski definition) is 6. The van der Waals surface area contributed by atoms with Gasteiger partial charge in [0.15, 0.2) is 5.16 Å². The maximum atomic E-state index is 12.9. The first kappa shape index (κ1) is 19.2. The quantitative estimate of drug-likeness (QED) is 0.766. The lowest BCUT2D eigenvalue weighted by Crippen LogP contribution is -2.44. The van der Waals surface area contributed by atoms with Crippen LogP contribution in [0.5, 0.6) is 0 Å². The van der Waals surface area contributed by atoms with Crippen molar-refractivity contribution in [1.82, 2.24) is 19.8 Å². The molecular weight excluding hydrogens is 376 g/mol. The molecule has 3 heterocycles. The Morgan fingerprint density at radius 3 is 2.75 bits per heavy atom. The molecule has 0 spiro atoms. The number of nitrogens with one attached hydrogen (secondary N) is 1. The van der Waals surface area contributed by atoms with E-state index in [4.69, 9.17) is 4.74 Å². The number of hydrogen-bond donors (Lipinski definition) is 1. The second-order valence-corrected chi connectivity index (χ2v) is 8.17. The third-order valence-corrected chi connectivity index (χ3v) is 6.10. The number of carbonyl (C=O) groups is 1. The molecule has 1 amide bonds. The number of aromatic nitrogens is 2. The van der Waals surface area contributed by atoms with Crippen molar-refractivity contribution in [3.63, 3.8) is 0 Å². The zero-order chi connectivity index (χ0) is 19.5. The SMILES string of the molecule is Cc1ccc(C(CN2CCOCC2)NC(=O)c2cnc3n(c2=O)CCS3)cc1. The number of fused-ring (bicyclic) bond motifs is 1. The number of nitrogens with zero attached hydrogens (tertiary/aromatic N) is 3. The Bertz CT molecular complexity index is 907. The predicted octanol–water partition coefficient (Wildman–Crippen LogP) is 1.46. The second-order valence-electron chi connectivity index (χ2n) is 7.11.